The number of hydrogen-bond acceptors (Lipinski definition) is 0. The summed E-state index contributed by atoms with van der Waals surface area (Å²) in [5.41, 5.74) is 0. The highest BCUT2D eigenvalue weighted by Crippen LogP contribution is 2.53. The van der Waals surface area contributed by atoms with E-state index in [0.29, 0.717) is 0 Å². The first-order valence-corrected chi connectivity index (χ1v) is 8.04. The van der Waals surface area contributed by atoms with Gasteiger partial charge in [-0.25, -0.2) is 0 Å². The third-order valence-corrected chi connectivity index (χ3v) is 6.25. The van der Waals surface area contributed by atoms with Crippen LogP contribution in [-0.4, -0.2) is 0 Å². The Bertz CT molecular complexity index is 242. The van der Waals surface area contributed by atoms with Gasteiger partial charge in [-0.3, -0.25) is 0 Å². The van der Waals surface area contributed by atoms with Gasteiger partial charge in [0.25, 0.3) is 0 Å². The van der Waals surface area contributed by atoms with Crippen molar-refractivity contribution < 1.29 is 0 Å². The smallest absolute Gasteiger partial charge is 0.0352 e. The molecule has 0 bridgehead atoms. The van der Waals surface area contributed by atoms with E-state index in [-0.39, 0.29) is 0 Å². The van der Waals surface area contributed by atoms with E-state index in [2.05, 4.69) is 34.6 Å². The Hall–Kier alpha value is 0. The minimum atomic E-state index is 0.898. The Morgan fingerprint density at radius 2 is 1.71 bits per heavy atom. The molecule has 0 heteroatoms. The quantitative estimate of drug-likeness (QED) is 0.617. The molecule has 0 amide bonds. The van der Waals surface area contributed by atoms with Crippen LogP contribution >= 0.6 is 0 Å². The molecule has 2 saturated carbocycles. The van der Waals surface area contributed by atoms with Crippen molar-refractivity contribution in [2.45, 2.75) is 66.7 Å². The van der Waals surface area contributed by atoms with E-state index in [4.69, 9.17) is 0 Å². The zero-order chi connectivity index (χ0) is 12.6. The van der Waals surface area contributed by atoms with E-state index in [1.54, 1.807) is 0 Å². The predicted octanol–water partition coefficient (Wildman–Crippen LogP) is 5.38. The van der Waals surface area contributed by atoms with Crippen LogP contribution in [0.5, 0.6) is 0 Å². The topological polar surface area (TPSA) is 0 Å². The summed E-state index contributed by atoms with van der Waals surface area (Å²) >= 11 is 0. The second kappa shape index (κ2) is 5.33. The molecular formula is C17H32. The lowest BCUT2D eigenvalue weighted by molar-refractivity contribution is 0.0543. The van der Waals surface area contributed by atoms with Crippen molar-refractivity contribution in [2.75, 3.05) is 0 Å². The van der Waals surface area contributed by atoms with Crippen LogP contribution in [0.15, 0.2) is 0 Å². The van der Waals surface area contributed by atoms with Crippen molar-refractivity contribution in [2.24, 2.45) is 41.4 Å². The summed E-state index contributed by atoms with van der Waals surface area (Å²) in [4.78, 5) is 0. The lowest BCUT2D eigenvalue weighted by atomic mass is 9.61. The van der Waals surface area contributed by atoms with Gasteiger partial charge >= 0.3 is 0 Å². The molecule has 6 unspecified atom stereocenters. The second-order valence-electron chi connectivity index (χ2n) is 7.41. The Kier molecular flexibility index (Phi) is 4.21. The predicted molar refractivity (Wildman–Crippen MR) is 75.9 cm³/mol. The fourth-order valence-corrected chi connectivity index (χ4v) is 4.72. The van der Waals surface area contributed by atoms with E-state index < -0.39 is 0 Å². The monoisotopic (exact) mass is 236 g/mol. The van der Waals surface area contributed by atoms with Crippen molar-refractivity contribution in [3.05, 3.63) is 0 Å². The van der Waals surface area contributed by atoms with E-state index in [1.165, 1.54) is 32.1 Å². The Morgan fingerprint density at radius 1 is 1.00 bits per heavy atom. The van der Waals surface area contributed by atoms with Crippen molar-refractivity contribution >= 4 is 0 Å². The molecule has 0 aliphatic heterocycles. The van der Waals surface area contributed by atoms with Crippen molar-refractivity contribution in [1.82, 2.24) is 0 Å². The maximum atomic E-state index is 2.51. The zero-order valence-corrected chi connectivity index (χ0v) is 12.6. The van der Waals surface area contributed by atoms with Crippen LogP contribution in [0.25, 0.3) is 0 Å². The highest BCUT2D eigenvalue weighted by Gasteiger charge is 2.45. The fraction of sp³-hybridized carbons (Fsp3) is 1.00. The molecule has 2 aliphatic rings. The standard InChI is InChI=1S/C17H32/c1-6-12(4)16-9-14(11(2)3)10-17-13(5)7-8-15(16)17/h11-17H,6-10H2,1-5H3. The molecule has 0 aromatic rings. The van der Waals surface area contributed by atoms with Gasteiger partial charge in [0.1, 0.15) is 0 Å². The molecule has 0 N–H and O–H groups in total. The van der Waals surface area contributed by atoms with Crippen molar-refractivity contribution in [3.63, 3.8) is 0 Å². The maximum absolute atomic E-state index is 2.51. The average Bonchev–Trinajstić information content (AvgIpc) is 2.69. The van der Waals surface area contributed by atoms with Gasteiger partial charge in [0.05, 0.1) is 0 Å². The molecule has 0 nitrogen and oxygen atoms in total. The molecule has 0 aromatic heterocycles. The Labute approximate surface area is 109 Å². The van der Waals surface area contributed by atoms with Crippen LogP contribution in [0.1, 0.15) is 66.7 Å². The third-order valence-electron chi connectivity index (χ3n) is 6.25. The van der Waals surface area contributed by atoms with E-state index in [1.807, 2.05) is 0 Å². The molecule has 2 rings (SSSR count). The Morgan fingerprint density at radius 3 is 2.29 bits per heavy atom. The minimum absolute atomic E-state index is 0.898. The summed E-state index contributed by atoms with van der Waals surface area (Å²) in [5, 5.41) is 0. The molecule has 2 fully saturated rings. The molecule has 17 heavy (non-hydrogen) atoms. The average molecular weight is 236 g/mol. The van der Waals surface area contributed by atoms with Gasteiger partial charge in [0, 0.05) is 0 Å². The SMILES string of the molecule is CCC(C)C1CC(C(C)C)CC2C(C)CCC12. The number of fused-ring (bicyclic) bond motifs is 1. The maximum Gasteiger partial charge on any atom is -0.0352 e. The van der Waals surface area contributed by atoms with Gasteiger partial charge < -0.3 is 0 Å². The second-order valence-corrected chi connectivity index (χ2v) is 7.41. The van der Waals surface area contributed by atoms with Crippen molar-refractivity contribution in [1.29, 1.82) is 0 Å². The van der Waals surface area contributed by atoms with Crippen LogP contribution in [0.3, 0.4) is 0 Å². The minimum Gasteiger partial charge on any atom is -0.0651 e. The molecule has 0 aromatic carbocycles. The summed E-state index contributed by atoms with van der Waals surface area (Å²) < 4.78 is 0. The highest BCUT2D eigenvalue weighted by atomic mass is 14.5. The molecule has 100 valence electrons. The van der Waals surface area contributed by atoms with Crippen LogP contribution in [0.2, 0.25) is 0 Å². The highest BCUT2D eigenvalue weighted by molar-refractivity contribution is 4.94. The molecule has 2 aliphatic carbocycles. The van der Waals surface area contributed by atoms with Gasteiger partial charge in [0.2, 0.25) is 0 Å². The summed E-state index contributed by atoms with van der Waals surface area (Å²) in [7, 11) is 0. The van der Waals surface area contributed by atoms with Gasteiger partial charge in [-0.15, -0.1) is 0 Å². The van der Waals surface area contributed by atoms with Gasteiger partial charge in [-0.05, 0) is 60.7 Å². The number of rotatable bonds is 3. The fourth-order valence-electron chi connectivity index (χ4n) is 4.72. The first-order chi connectivity index (χ1) is 8.04. The molecular weight excluding hydrogens is 204 g/mol. The molecule has 6 atom stereocenters. The number of hydrogen-bond donors (Lipinski definition) is 0. The molecule has 0 radical (unpaired) electrons. The lowest BCUT2D eigenvalue weighted by Crippen LogP contribution is -2.36. The largest absolute Gasteiger partial charge is 0.0651 e. The molecule has 0 saturated heterocycles. The molecule has 0 spiro atoms. The van der Waals surface area contributed by atoms with E-state index >= 15 is 0 Å². The van der Waals surface area contributed by atoms with Gasteiger partial charge in [-0.2, -0.15) is 0 Å². The first kappa shape index (κ1) is 13.4. The van der Waals surface area contributed by atoms with Crippen LogP contribution in [-0.2, 0) is 0 Å². The molecule has 0 heterocycles. The van der Waals surface area contributed by atoms with Crippen molar-refractivity contribution in [3.8, 4) is 0 Å². The van der Waals surface area contributed by atoms with Crippen LogP contribution in [0, 0.1) is 41.4 Å². The van der Waals surface area contributed by atoms with E-state index in [0.717, 1.165) is 41.4 Å². The Balaban J connectivity index is 2.13. The summed E-state index contributed by atoms with van der Waals surface area (Å²) in [6.07, 6.45) is 7.49. The van der Waals surface area contributed by atoms with Gasteiger partial charge in [-0.1, -0.05) is 47.5 Å². The third kappa shape index (κ3) is 2.56. The lowest BCUT2D eigenvalue weighted by Gasteiger charge is -2.44. The summed E-state index contributed by atoms with van der Waals surface area (Å²) in [6.45, 7) is 12.3. The van der Waals surface area contributed by atoms with Crippen LogP contribution in [0.4, 0.5) is 0 Å². The van der Waals surface area contributed by atoms with Crippen LogP contribution < -0.4 is 0 Å². The van der Waals surface area contributed by atoms with E-state index in [9.17, 15) is 0 Å². The summed E-state index contributed by atoms with van der Waals surface area (Å²) in [6, 6.07) is 0. The first-order valence-electron chi connectivity index (χ1n) is 8.04. The zero-order valence-electron chi connectivity index (χ0n) is 12.6. The normalized spacial score (nSPS) is 43.8. The summed E-state index contributed by atoms with van der Waals surface area (Å²) in [5.74, 6) is 7.05. The van der Waals surface area contributed by atoms with Gasteiger partial charge in [0.15, 0.2) is 0 Å².